The number of aromatic amines is 1. The summed E-state index contributed by atoms with van der Waals surface area (Å²) in [4.78, 5) is 35.4. The van der Waals surface area contributed by atoms with E-state index in [9.17, 15) is 9.59 Å². The minimum atomic E-state index is -0.306. The van der Waals surface area contributed by atoms with E-state index in [4.69, 9.17) is 0 Å². The largest absolute Gasteiger partial charge is 0.315 e. The fourth-order valence-corrected chi connectivity index (χ4v) is 4.49. The average molecular weight is 473 g/mol. The molecular formula is C25H24N6O2S. The molecule has 0 atom stereocenters. The summed E-state index contributed by atoms with van der Waals surface area (Å²) in [6.07, 6.45) is 4.30. The smallest absolute Gasteiger partial charge is 0.266 e. The molecule has 9 heteroatoms. The van der Waals surface area contributed by atoms with Crippen LogP contribution in [0.2, 0.25) is 0 Å². The summed E-state index contributed by atoms with van der Waals surface area (Å²) in [6, 6.07) is 15.3. The number of thioether (sulfide) groups is 1. The Morgan fingerprint density at radius 1 is 0.941 bits per heavy atom. The van der Waals surface area contributed by atoms with Crippen molar-refractivity contribution < 1.29 is 0 Å². The van der Waals surface area contributed by atoms with Gasteiger partial charge in [0, 0.05) is 24.7 Å². The molecule has 0 aliphatic heterocycles. The van der Waals surface area contributed by atoms with Gasteiger partial charge < -0.3 is 4.57 Å². The van der Waals surface area contributed by atoms with Crippen LogP contribution in [0.4, 0.5) is 0 Å². The Bertz CT molecular complexity index is 1590. The van der Waals surface area contributed by atoms with Crippen molar-refractivity contribution in [2.75, 3.05) is 0 Å². The zero-order valence-corrected chi connectivity index (χ0v) is 19.7. The van der Waals surface area contributed by atoms with Crippen molar-refractivity contribution in [3.05, 3.63) is 87.2 Å². The van der Waals surface area contributed by atoms with Crippen LogP contribution in [0.5, 0.6) is 0 Å². The van der Waals surface area contributed by atoms with Crippen LogP contribution in [0.1, 0.15) is 25.8 Å². The van der Waals surface area contributed by atoms with E-state index in [1.807, 2.05) is 36.4 Å². The number of rotatable bonds is 7. The van der Waals surface area contributed by atoms with Gasteiger partial charge in [0.2, 0.25) is 11.1 Å². The van der Waals surface area contributed by atoms with Gasteiger partial charge in [-0.05, 0) is 36.1 Å². The highest BCUT2D eigenvalue weighted by Crippen LogP contribution is 2.20. The van der Waals surface area contributed by atoms with Crippen molar-refractivity contribution in [3.63, 3.8) is 0 Å². The molecule has 34 heavy (non-hydrogen) atoms. The number of nitrogens with one attached hydrogen (secondary N) is 1. The number of hydrogen-bond donors (Lipinski definition) is 1. The van der Waals surface area contributed by atoms with Gasteiger partial charge in [-0.2, -0.15) is 4.98 Å². The SMILES string of the molecule is CC(C)CCn1ccc2nc3ccn(-c4nc(SCc5ccccc5)n[nH]4)c(=O)c3cc2c1=O. The molecule has 0 aliphatic rings. The maximum absolute atomic E-state index is 13.3. The van der Waals surface area contributed by atoms with Crippen molar-refractivity contribution in [1.82, 2.24) is 29.3 Å². The quantitative estimate of drug-likeness (QED) is 0.282. The second kappa shape index (κ2) is 9.26. The lowest BCUT2D eigenvalue weighted by molar-refractivity contribution is 0.509. The third kappa shape index (κ3) is 4.38. The molecular weight excluding hydrogens is 448 g/mol. The molecule has 8 nitrogen and oxygen atoms in total. The minimum Gasteiger partial charge on any atom is -0.315 e. The number of aromatic nitrogens is 6. The zero-order chi connectivity index (χ0) is 23.7. The van der Waals surface area contributed by atoms with Crippen LogP contribution < -0.4 is 11.1 Å². The van der Waals surface area contributed by atoms with E-state index in [1.165, 1.54) is 21.9 Å². The Labute approximate surface area is 199 Å². The van der Waals surface area contributed by atoms with Crippen LogP contribution in [0.15, 0.2) is 75.7 Å². The van der Waals surface area contributed by atoms with Gasteiger partial charge in [-0.3, -0.25) is 14.2 Å². The Hall–Kier alpha value is -3.72. The number of aryl methyl sites for hydroxylation is 1. The van der Waals surface area contributed by atoms with Crippen LogP contribution in [0.3, 0.4) is 0 Å². The van der Waals surface area contributed by atoms with E-state index in [1.54, 1.807) is 29.1 Å². The molecule has 172 valence electrons. The molecule has 4 heterocycles. The molecule has 0 aliphatic carbocycles. The normalized spacial score (nSPS) is 11.6. The third-order valence-corrected chi connectivity index (χ3v) is 6.57. The fraction of sp³-hybridized carbons (Fsp3) is 0.240. The predicted octanol–water partition coefficient (Wildman–Crippen LogP) is 4.16. The van der Waals surface area contributed by atoms with Gasteiger partial charge in [0.15, 0.2) is 0 Å². The van der Waals surface area contributed by atoms with Crippen molar-refractivity contribution in [1.29, 1.82) is 0 Å². The van der Waals surface area contributed by atoms with Gasteiger partial charge in [0.25, 0.3) is 11.1 Å². The molecule has 0 unspecified atom stereocenters. The van der Waals surface area contributed by atoms with Crippen LogP contribution in [0.25, 0.3) is 27.8 Å². The van der Waals surface area contributed by atoms with E-state index in [0.29, 0.717) is 45.4 Å². The van der Waals surface area contributed by atoms with Gasteiger partial charge in [0.05, 0.1) is 21.8 Å². The van der Waals surface area contributed by atoms with E-state index in [0.717, 1.165) is 12.2 Å². The van der Waals surface area contributed by atoms with Gasteiger partial charge in [-0.15, -0.1) is 5.10 Å². The molecule has 0 fully saturated rings. The number of H-pyrrole nitrogens is 1. The molecule has 0 spiro atoms. The van der Waals surface area contributed by atoms with Gasteiger partial charge >= 0.3 is 0 Å². The first-order valence-corrected chi connectivity index (χ1v) is 12.1. The predicted molar refractivity (Wildman–Crippen MR) is 135 cm³/mol. The number of benzene rings is 1. The lowest BCUT2D eigenvalue weighted by Crippen LogP contribution is -2.22. The minimum absolute atomic E-state index is 0.137. The first-order chi connectivity index (χ1) is 16.5. The van der Waals surface area contributed by atoms with E-state index in [2.05, 4.69) is 34.0 Å². The summed E-state index contributed by atoms with van der Waals surface area (Å²) in [5, 5.41) is 8.43. The summed E-state index contributed by atoms with van der Waals surface area (Å²) < 4.78 is 3.08. The first kappa shape index (κ1) is 22.1. The van der Waals surface area contributed by atoms with Gasteiger partial charge in [-0.1, -0.05) is 55.9 Å². The summed E-state index contributed by atoms with van der Waals surface area (Å²) in [5.74, 6) is 1.54. The molecule has 5 aromatic rings. The summed E-state index contributed by atoms with van der Waals surface area (Å²) in [7, 11) is 0. The first-order valence-electron chi connectivity index (χ1n) is 11.1. The van der Waals surface area contributed by atoms with Crippen molar-refractivity contribution in [2.45, 2.75) is 37.7 Å². The Kier molecular flexibility index (Phi) is 6.02. The monoisotopic (exact) mass is 472 g/mol. The van der Waals surface area contributed by atoms with Crippen LogP contribution in [-0.2, 0) is 12.3 Å². The summed E-state index contributed by atoms with van der Waals surface area (Å²) in [6.45, 7) is 4.88. The molecule has 0 saturated carbocycles. The molecule has 4 aromatic heterocycles. The highest BCUT2D eigenvalue weighted by atomic mass is 32.2. The number of hydrogen-bond acceptors (Lipinski definition) is 6. The second-order valence-corrected chi connectivity index (χ2v) is 9.50. The number of nitrogens with zero attached hydrogens (tertiary/aromatic N) is 5. The Morgan fingerprint density at radius 3 is 2.44 bits per heavy atom. The van der Waals surface area contributed by atoms with E-state index >= 15 is 0 Å². The summed E-state index contributed by atoms with van der Waals surface area (Å²) >= 11 is 1.49. The van der Waals surface area contributed by atoms with Crippen molar-refractivity contribution in [2.24, 2.45) is 5.92 Å². The second-order valence-electron chi connectivity index (χ2n) is 8.56. The van der Waals surface area contributed by atoms with E-state index < -0.39 is 0 Å². The molecule has 0 bridgehead atoms. The topological polar surface area (TPSA) is 98.5 Å². The standard InChI is InChI=1S/C25H24N6O2S/c1-16(2)8-11-30-12-9-20-18(22(30)32)14-19-21(26-20)10-13-31(23(19)33)24-27-25(29-28-24)34-15-17-6-4-3-5-7-17/h3-7,9-10,12-14,16H,8,11,15H2,1-2H3,(H,27,28,29). The highest BCUT2D eigenvalue weighted by Gasteiger charge is 2.13. The molecule has 0 saturated heterocycles. The maximum atomic E-state index is 13.3. The molecule has 0 radical (unpaired) electrons. The van der Waals surface area contributed by atoms with Gasteiger partial charge in [-0.25, -0.2) is 10.1 Å². The third-order valence-electron chi connectivity index (χ3n) is 5.66. The number of fused-ring (bicyclic) bond motifs is 2. The van der Waals surface area contributed by atoms with Crippen molar-refractivity contribution in [3.8, 4) is 5.95 Å². The maximum Gasteiger partial charge on any atom is 0.266 e. The lowest BCUT2D eigenvalue weighted by atomic mass is 10.1. The van der Waals surface area contributed by atoms with Crippen molar-refractivity contribution >= 4 is 33.6 Å². The van der Waals surface area contributed by atoms with Crippen LogP contribution in [-0.4, -0.2) is 29.3 Å². The molecule has 1 aromatic carbocycles. The molecule has 1 N–H and O–H groups in total. The fourth-order valence-electron chi connectivity index (χ4n) is 3.74. The highest BCUT2D eigenvalue weighted by molar-refractivity contribution is 7.98. The summed E-state index contributed by atoms with van der Waals surface area (Å²) in [5.41, 5.74) is 1.83. The van der Waals surface area contributed by atoms with E-state index in [-0.39, 0.29) is 11.1 Å². The molecule has 0 amide bonds. The zero-order valence-electron chi connectivity index (χ0n) is 18.9. The average Bonchev–Trinajstić information content (AvgIpc) is 3.31. The lowest BCUT2D eigenvalue weighted by Gasteiger charge is -2.10. The number of pyridine rings is 3. The van der Waals surface area contributed by atoms with Gasteiger partial charge in [0.1, 0.15) is 0 Å². The van der Waals surface area contributed by atoms with Crippen LogP contribution in [0, 0.1) is 5.92 Å². The van der Waals surface area contributed by atoms with Crippen LogP contribution >= 0.6 is 11.8 Å². The molecule has 5 rings (SSSR count). The Balaban J connectivity index is 1.49. The Morgan fingerprint density at radius 2 is 1.68 bits per heavy atom.